The number of hydrogen-bond acceptors (Lipinski definition) is 4. The van der Waals surface area contributed by atoms with Gasteiger partial charge in [0.25, 0.3) is 0 Å². The molecular weight excluding hydrogens is 252 g/mol. The van der Waals surface area contributed by atoms with Gasteiger partial charge in [0.2, 0.25) is 0 Å². The summed E-state index contributed by atoms with van der Waals surface area (Å²) < 4.78 is 7.92. The molecule has 2 atom stereocenters. The molecule has 0 bridgehead atoms. The van der Waals surface area contributed by atoms with E-state index in [2.05, 4.69) is 36.4 Å². The Kier molecular flexibility index (Phi) is 5.16. The maximum absolute atomic E-state index is 6.06. The molecule has 1 aliphatic rings. The van der Waals surface area contributed by atoms with E-state index < -0.39 is 0 Å². The summed E-state index contributed by atoms with van der Waals surface area (Å²) in [5.41, 5.74) is 1.38. The van der Waals surface area contributed by atoms with Gasteiger partial charge in [-0.25, -0.2) is 4.68 Å². The van der Waals surface area contributed by atoms with E-state index in [1.807, 2.05) is 17.9 Å². The van der Waals surface area contributed by atoms with E-state index in [9.17, 15) is 0 Å². The number of aromatic nitrogens is 3. The fraction of sp³-hybridized carbons (Fsp3) is 0.867. The second kappa shape index (κ2) is 6.68. The summed E-state index contributed by atoms with van der Waals surface area (Å²) in [4.78, 5) is 0. The van der Waals surface area contributed by atoms with Crippen molar-refractivity contribution in [3.63, 3.8) is 0 Å². The van der Waals surface area contributed by atoms with Crippen LogP contribution < -0.4 is 5.32 Å². The van der Waals surface area contributed by atoms with Gasteiger partial charge in [-0.2, -0.15) is 0 Å². The highest BCUT2D eigenvalue weighted by Gasteiger charge is 2.32. The third-order valence-electron chi connectivity index (χ3n) is 3.96. The number of nitrogens with zero attached hydrogens (tertiary/aromatic N) is 3. The zero-order valence-electron chi connectivity index (χ0n) is 13.2. The van der Waals surface area contributed by atoms with Gasteiger partial charge >= 0.3 is 0 Å². The minimum atomic E-state index is 0.397. The maximum Gasteiger partial charge on any atom is 0.0964 e. The average Bonchev–Trinajstić information content (AvgIpc) is 2.74. The summed E-state index contributed by atoms with van der Waals surface area (Å²) in [7, 11) is 1.91. The summed E-state index contributed by atoms with van der Waals surface area (Å²) in [6.07, 6.45) is 6.04. The summed E-state index contributed by atoms with van der Waals surface area (Å²) in [6, 6.07) is 0. The van der Waals surface area contributed by atoms with Crippen molar-refractivity contribution in [2.75, 3.05) is 13.7 Å². The SMILES string of the molecule is CNCc1cn(CCOC2CC(C)CC(C)(C)C2)nn1. The molecule has 5 nitrogen and oxygen atoms in total. The van der Waals surface area contributed by atoms with E-state index in [1.54, 1.807) is 0 Å². The molecule has 0 aromatic carbocycles. The monoisotopic (exact) mass is 280 g/mol. The van der Waals surface area contributed by atoms with E-state index in [-0.39, 0.29) is 0 Å². The highest BCUT2D eigenvalue weighted by Crippen LogP contribution is 2.39. The quantitative estimate of drug-likeness (QED) is 0.868. The smallest absolute Gasteiger partial charge is 0.0964 e. The van der Waals surface area contributed by atoms with Gasteiger partial charge in [0.1, 0.15) is 0 Å². The molecule has 1 aromatic rings. The molecular formula is C15H28N4O. The van der Waals surface area contributed by atoms with Gasteiger partial charge in [-0.15, -0.1) is 5.10 Å². The summed E-state index contributed by atoms with van der Waals surface area (Å²) >= 11 is 0. The van der Waals surface area contributed by atoms with Crippen LogP contribution in [-0.2, 0) is 17.8 Å². The van der Waals surface area contributed by atoms with Crippen molar-refractivity contribution < 1.29 is 4.74 Å². The van der Waals surface area contributed by atoms with E-state index in [0.29, 0.717) is 11.5 Å². The Hall–Kier alpha value is -0.940. The first-order valence-electron chi connectivity index (χ1n) is 7.64. The summed E-state index contributed by atoms with van der Waals surface area (Å²) in [5.74, 6) is 0.761. The van der Waals surface area contributed by atoms with Gasteiger partial charge in [0.15, 0.2) is 0 Å². The van der Waals surface area contributed by atoms with E-state index in [1.165, 1.54) is 19.3 Å². The first-order valence-corrected chi connectivity index (χ1v) is 7.64. The van der Waals surface area contributed by atoms with Crippen LogP contribution >= 0.6 is 0 Å². The Morgan fingerprint density at radius 3 is 2.95 bits per heavy atom. The normalized spacial score (nSPS) is 25.8. The minimum Gasteiger partial charge on any atom is -0.376 e. The van der Waals surface area contributed by atoms with Crippen molar-refractivity contribution in [2.24, 2.45) is 11.3 Å². The summed E-state index contributed by atoms with van der Waals surface area (Å²) in [6.45, 7) is 9.28. The van der Waals surface area contributed by atoms with Gasteiger partial charge in [-0.05, 0) is 37.6 Å². The largest absolute Gasteiger partial charge is 0.376 e. The molecule has 0 radical (unpaired) electrons. The molecule has 0 amide bonds. The number of ether oxygens (including phenoxy) is 1. The topological polar surface area (TPSA) is 52.0 Å². The third kappa shape index (κ3) is 4.56. The van der Waals surface area contributed by atoms with Gasteiger partial charge in [0.05, 0.1) is 24.9 Å². The zero-order chi connectivity index (χ0) is 14.6. The van der Waals surface area contributed by atoms with E-state index in [4.69, 9.17) is 4.74 Å². The first kappa shape index (κ1) is 15.4. The number of rotatable bonds is 6. The molecule has 0 saturated heterocycles. The number of hydrogen-bond donors (Lipinski definition) is 1. The van der Waals surface area contributed by atoms with Crippen LogP contribution in [-0.4, -0.2) is 34.8 Å². The first-order chi connectivity index (χ1) is 9.48. The minimum absolute atomic E-state index is 0.397. The van der Waals surface area contributed by atoms with Crippen LogP contribution in [0.3, 0.4) is 0 Å². The van der Waals surface area contributed by atoms with Gasteiger partial charge in [0, 0.05) is 12.7 Å². The maximum atomic E-state index is 6.06. The average molecular weight is 280 g/mol. The van der Waals surface area contributed by atoms with Crippen LogP contribution in [0.15, 0.2) is 6.20 Å². The predicted octanol–water partition coefficient (Wildman–Crippen LogP) is 2.23. The molecule has 2 unspecified atom stereocenters. The van der Waals surface area contributed by atoms with Crippen molar-refractivity contribution in [2.45, 2.75) is 59.2 Å². The van der Waals surface area contributed by atoms with Crippen LogP contribution in [0, 0.1) is 11.3 Å². The molecule has 2 rings (SSSR count). The Morgan fingerprint density at radius 1 is 1.45 bits per heavy atom. The summed E-state index contributed by atoms with van der Waals surface area (Å²) in [5, 5.41) is 11.3. The van der Waals surface area contributed by atoms with Gasteiger partial charge < -0.3 is 10.1 Å². The molecule has 1 heterocycles. The van der Waals surface area contributed by atoms with Crippen molar-refractivity contribution in [3.05, 3.63) is 11.9 Å². The number of nitrogens with one attached hydrogen (secondary N) is 1. The fourth-order valence-corrected chi connectivity index (χ4v) is 3.41. The standard InChI is InChI=1S/C15H28N4O/c1-12-7-14(9-15(2,3)8-12)20-6-5-19-11-13(10-16-4)17-18-19/h11-12,14,16H,5-10H2,1-4H3. The molecule has 0 aliphatic heterocycles. The fourth-order valence-electron chi connectivity index (χ4n) is 3.41. The van der Waals surface area contributed by atoms with Gasteiger partial charge in [-0.3, -0.25) is 0 Å². The Labute approximate surface area is 122 Å². The Bertz CT molecular complexity index is 416. The third-order valence-corrected chi connectivity index (χ3v) is 3.96. The lowest BCUT2D eigenvalue weighted by Gasteiger charge is -2.38. The molecule has 1 N–H and O–H groups in total. The van der Waals surface area contributed by atoms with Gasteiger partial charge in [-0.1, -0.05) is 26.0 Å². The van der Waals surface area contributed by atoms with Crippen molar-refractivity contribution in [3.8, 4) is 0 Å². The van der Waals surface area contributed by atoms with Crippen LogP contribution in [0.25, 0.3) is 0 Å². The van der Waals surface area contributed by atoms with Crippen molar-refractivity contribution >= 4 is 0 Å². The lowest BCUT2D eigenvalue weighted by Crippen LogP contribution is -2.33. The molecule has 1 aliphatic carbocycles. The Morgan fingerprint density at radius 2 is 2.25 bits per heavy atom. The molecule has 20 heavy (non-hydrogen) atoms. The molecule has 1 aromatic heterocycles. The Balaban J connectivity index is 1.74. The second-order valence-electron chi connectivity index (χ2n) is 6.91. The highest BCUT2D eigenvalue weighted by molar-refractivity contribution is 4.91. The molecule has 1 fully saturated rings. The lowest BCUT2D eigenvalue weighted by molar-refractivity contribution is -0.0263. The van der Waals surface area contributed by atoms with Crippen LogP contribution in [0.4, 0.5) is 0 Å². The molecule has 114 valence electrons. The molecule has 1 saturated carbocycles. The highest BCUT2D eigenvalue weighted by atomic mass is 16.5. The van der Waals surface area contributed by atoms with E-state index in [0.717, 1.165) is 31.3 Å². The molecule has 5 heteroatoms. The van der Waals surface area contributed by atoms with Crippen molar-refractivity contribution in [1.29, 1.82) is 0 Å². The molecule has 0 spiro atoms. The van der Waals surface area contributed by atoms with Crippen LogP contribution in [0.1, 0.15) is 45.7 Å². The van der Waals surface area contributed by atoms with Crippen LogP contribution in [0.2, 0.25) is 0 Å². The zero-order valence-corrected chi connectivity index (χ0v) is 13.2. The van der Waals surface area contributed by atoms with E-state index >= 15 is 0 Å². The predicted molar refractivity (Wildman–Crippen MR) is 79.3 cm³/mol. The second-order valence-corrected chi connectivity index (χ2v) is 6.91. The lowest BCUT2D eigenvalue weighted by atomic mass is 9.71. The van der Waals surface area contributed by atoms with Crippen LogP contribution in [0.5, 0.6) is 0 Å². The van der Waals surface area contributed by atoms with Crippen molar-refractivity contribution in [1.82, 2.24) is 20.3 Å².